The van der Waals surface area contributed by atoms with Gasteiger partial charge in [-0.15, -0.1) is 0 Å². The summed E-state index contributed by atoms with van der Waals surface area (Å²) in [7, 11) is 0. The average Bonchev–Trinajstić information content (AvgIpc) is 2.93. The van der Waals surface area contributed by atoms with Crippen molar-refractivity contribution in [3.63, 3.8) is 0 Å². The second-order valence-corrected chi connectivity index (χ2v) is 6.88. The summed E-state index contributed by atoms with van der Waals surface area (Å²) in [6.45, 7) is 5.29. The molecule has 0 radical (unpaired) electrons. The third kappa shape index (κ3) is 3.93. The largest absolute Gasteiger partial charge is 0.316 e. The van der Waals surface area contributed by atoms with Gasteiger partial charge in [-0.2, -0.15) is 0 Å². The third-order valence-corrected chi connectivity index (χ3v) is 5.03. The standard InChI is InChI=1S/C22H28N2O/c1-3-4-16-23-21-19-12-8-9-13-20(19)22(25)24(21)17(2)14-15-18-10-6-5-7-11-18/h5-13,17,21,23H,3-4,14-16H2,1-2H3/t17-,21-/m0/s1. The molecule has 1 aliphatic rings. The molecule has 0 spiro atoms. The highest BCUT2D eigenvalue weighted by molar-refractivity contribution is 5.99. The van der Waals surface area contributed by atoms with Crippen molar-refractivity contribution in [2.24, 2.45) is 0 Å². The van der Waals surface area contributed by atoms with Gasteiger partial charge >= 0.3 is 0 Å². The molecule has 3 nitrogen and oxygen atoms in total. The maximum atomic E-state index is 13.0. The van der Waals surface area contributed by atoms with Crippen molar-refractivity contribution in [3.05, 3.63) is 71.3 Å². The van der Waals surface area contributed by atoms with Crippen molar-refractivity contribution in [2.75, 3.05) is 6.54 Å². The van der Waals surface area contributed by atoms with Crippen molar-refractivity contribution in [3.8, 4) is 0 Å². The summed E-state index contributed by atoms with van der Waals surface area (Å²) >= 11 is 0. The number of benzene rings is 2. The van der Waals surface area contributed by atoms with E-state index in [-0.39, 0.29) is 18.1 Å². The van der Waals surface area contributed by atoms with Gasteiger partial charge in [0.15, 0.2) is 0 Å². The summed E-state index contributed by atoms with van der Waals surface area (Å²) in [4.78, 5) is 15.0. The lowest BCUT2D eigenvalue weighted by Crippen LogP contribution is -2.42. The predicted octanol–water partition coefficient (Wildman–Crippen LogP) is 4.55. The number of fused-ring (bicyclic) bond motifs is 1. The molecule has 1 heterocycles. The SMILES string of the molecule is CCCCN[C@@H]1c2ccccc2C(=O)N1[C@@H](C)CCc1ccccc1. The lowest BCUT2D eigenvalue weighted by molar-refractivity contribution is 0.0593. The molecule has 3 rings (SSSR count). The molecule has 2 aromatic carbocycles. The zero-order valence-electron chi connectivity index (χ0n) is 15.2. The lowest BCUT2D eigenvalue weighted by Gasteiger charge is -2.32. The van der Waals surface area contributed by atoms with Crippen LogP contribution >= 0.6 is 0 Å². The molecule has 2 aromatic rings. The van der Waals surface area contributed by atoms with Gasteiger partial charge in [-0.3, -0.25) is 10.1 Å². The van der Waals surface area contributed by atoms with Crippen LogP contribution in [0.2, 0.25) is 0 Å². The van der Waals surface area contributed by atoms with E-state index in [1.54, 1.807) is 0 Å². The topological polar surface area (TPSA) is 32.3 Å². The predicted molar refractivity (Wildman–Crippen MR) is 102 cm³/mol. The van der Waals surface area contributed by atoms with Gasteiger partial charge in [0, 0.05) is 17.2 Å². The number of carbonyl (C=O) groups is 1. The smallest absolute Gasteiger partial charge is 0.256 e. The van der Waals surface area contributed by atoms with E-state index in [1.165, 1.54) is 5.56 Å². The highest BCUT2D eigenvalue weighted by Gasteiger charge is 2.38. The maximum Gasteiger partial charge on any atom is 0.256 e. The fourth-order valence-corrected chi connectivity index (χ4v) is 3.57. The molecule has 1 N–H and O–H groups in total. The number of unbranched alkanes of at least 4 members (excludes halogenated alkanes) is 1. The second-order valence-electron chi connectivity index (χ2n) is 6.88. The molecule has 25 heavy (non-hydrogen) atoms. The van der Waals surface area contributed by atoms with Gasteiger partial charge in [0.25, 0.3) is 5.91 Å². The number of rotatable bonds is 8. The zero-order chi connectivity index (χ0) is 17.6. The molecule has 0 aromatic heterocycles. The van der Waals surface area contributed by atoms with Crippen LogP contribution in [0.1, 0.15) is 60.8 Å². The van der Waals surface area contributed by atoms with Crippen LogP contribution in [0.3, 0.4) is 0 Å². The minimum atomic E-state index is 0.000948. The van der Waals surface area contributed by atoms with Crippen LogP contribution < -0.4 is 5.32 Å². The first kappa shape index (κ1) is 17.7. The quantitative estimate of drug-likeness (QED) is 0.717. The van der Waals surface area contributed by atoms with Gasteiger partial charge in [0.05, 0.1) is 0 Å². The summed E-state index contributed by atoms with van der Waals surface area (Å²) < 4.78 is 0. The molecule has 1 aliphatic heterocycles. The summed E-state index contributed by atoms with van der Waals surface area (Å²) in [6, 6.07) is 18.7. The lowest BCUT2D eigenvalue weighted by atomic mass is 10.0. The third-order valence-electron chi connectivity index (χ3n) is 5.03. The second kappa shape index (κ2) is 8.30. The first-order chi connectivity index (χ1) is 12.2. The summed E-state index contributed by atoms with van der Waals surface area (Å²) in [5.74, 6) is 0.158. The summed E-state index contributed by atoms with van der Waals surface area (Å²) in [5, 5.41) is 3.60. The molecule has 0 saturated carbocycles. The number of amides is 1. The van der Waals surface area contributed by atoms with E-state index < -0.39 is 0 Å². The highest BCUT2D eigenvalue weighted by Crippen LogP contribution is 2.34. The maximum absolute atomic E-state index is 13.0. The van der Waals surface area contributed by atoms with Gasteiger partial charge in [-0.1, -0.05) is 61.9 Å². The van der Waals surface area contributed by atoms with Crippen molar-refractivity contribution in [1.29, 1.82) is 0 Å². The van der Waals surface area contributed by atoms with Crippen LogP contribution in [0.4, 0.5) is 0 Å². The first-order valence-corrected chi connectivity index (χ1v) is 9.41. The molecule has 0 saturated heterocycles. The number of aryl methyl sites for hydroxylation is 1. The Morgan fingerprint density at radius 3 is 2.56 bits per heavy atom. The zero-order valence-corrected chi connectivity index (χ0v) is 15.2. The Morgan fingerprint density at radius 1 is 1.08 bits per heavy atom. The van der Waals surface area contributed by atoms with E-state index in [0.29, 0.717) is 0 Å². The highest BCUT2D eigenvalue weighted by atomic mass is 16.2. The van der Waals surface area contributed by atoms with Crippen molar-refractivity contribution in [2.45, 2.75) is 51.7 Å². The number of nitrogens with one attached hydrogen (secondary N) is 1. The van der Waals surface area contributed by atoms with E-state index in [4.69, 9.17) is 0 Å². The summed E-state index contributed by atoms with van der Waals surface area (Å²) in [5.41, 5.74) is 3.30. The Balaban J connectivity index is 1.74. The molecule has 3 heteroatoms. The van der Waals surface area contributed by atoms with Gasteiger partial charge in [0.2, 0.25) is 0 Å². The molecule has 0 fully saturated rings. The van der Waals surface area contributed by atoms with Crippen LogP contribution in [-0.2, 0) is 6.42 Å². The fourth-order valence-electron chi connectivity index (χ4n) is 3.57. The number of hydrogen-bond donors (Lipinski definition) is 1. The van der Waals surface area contributed by atoms with Gasteiger partial charge in [-0.05, 0) is 44.4 Å². The molecule has 0 bridgehead atoms. The molecule has 0 aliphatic carbocycles. The van der Waals surface area contributed by atoms with Gasteiger partial charge < -0.3 is 4.90 Å². The molecule has 132 valence electrons. The van der Waals surface area contributed by atoms with E-state index in [9.17, 15) is 4.79 Å². The van der Waals surface area contributed by atoms with Crippen LogP contribution in [0.15, 0.2) is 54.6 Å². The van der Waals surface area contributed by atoms with E-state index in [1.807, 2.05) is 29.2 Å². The van der Waals surface area contributed by atoms with Crippen LogP contribution in [-0.4, -0.2) is 23.4 Å². The molecular formula is C22H28N2O. The molecular weight excluding hydrogens is 308 g/mol. The van der Waals surface area contributed by atoms with Gasteiger partial charge in [-0.25, -0.2) is 0 Å². The van der Waals surface area contributed by atoms with Crippen molar-refractivity contribution in [1.82, 2.24) is 10.2 Å². The van der Waals surface area contributed by atoms with Gasteiger partial charge in [0.1, 0.15) is 6.17 Å². The first-order valence-electron chi connectivity index (χ1n) is 9.41. The normalized spacial score (nSPS) is 17.6. The molecule has 0 unspecified atom stereocenters. The average molecular weight is 336 g/mol. The Hall–Kier alpha value is -2.13. The number of nitrogens with zero attached hydrogens (tertiary/aromatic N) is 1. The van der Waals surface area contributed by atoms with Crippen LogP contribution in [0.25, 0.3) is 0 Å². The van der Waals surface area contributed by atoms with E-state index in [2.05, 4.69) is 49.5 Å². The van der Waals surface area contributed by atoms with Crippen LogP contribution in [0, 0.1) is 0 Å². The minimum absolute atomic E-state index is 0.000948. The molecule has 1 amide bonds. The Kier molecular flexibility index (Phi) is 5.87. The minimum Gasteiger partial charge on any atom is -0.316 e. The van der Waals surface area contributed by atoms with Crippen LogP contribution in [0.5, 0.6) is 0 Å². The Morgan fingerprint density at radius 2 is 1.80 bits per heavy atom. The molecule has 2 atom stereocenters. The van der Waals surface area contributed by atoms with E-state index >= 15 is 0 Å². The summed E-state index contributed by atoms with van der Waals surface area (Å²) in [6.07, 6.45) is 4.23. The van der Waals surface area contributed by atoms with E-state index in [0.717, 1.165) is 43.4 Å². The van der Waals surface area contributed by atoms with Crippen molar-refractivity contribution < 1.29 is 4.79 Å². The van der Waals surface area contributed by atoms with Crippen molar-refractivity contribution >= 4 is 5.91 Å². The number of hydrogen-bond acceptors (Lipinski definition) is 2. The Bertz CT molecular complexity index is 698. The fraction of sp³-hybridized carbons (Fsp3) is 0.409. The number of carbonyl (C=O) groups excluding carboxylic acids is 1. The Labute approximate surface area is 151 Å². The monoisotopic (exact) mass is 336 g/mol.